The quantitative estimate of drug-likeness (QED) is 0.625. The molecule has 1 N–H and O–H groups in total. The second kappa shape index (κ2) is 8.88. The van der Waals surface area contributed by atoms with Gasteiger partial charge in [0, 0.05) is 10.6 Å². The second-order valence-electron chi connectivity index (χ2n) is 5.68. The molecular formula is C19H17Cl2N3O3. The third kappa shape index (κ3) is 4.99. The van der Waals surface area contributed by atoms with Gasteiger partial charge in [0.05, 0.1) is 11.6 Å². The molecular weight excluding hydrogens is 389 g/mol. The summed E-state index contributed by atoms with van der Waals surface area (Å²) < 4.78 is 10.9. The number of nitrogens with one attached hydrogen (secondary N) is 1. The lowest BCUT2D eigenvalue weighted by Gasteiger charge is -2.16. The van der Waals surface area contributed by atoms with Crippen LogP contribution in [0.1, 0.15) is 19.2 Å². The van der Waals surface area contributed by atoms with Gasteiger partial charge in [0.15, 0.2) is 6.10 Å². The highest BCUT2D eigenvalue weighted by atomic mass is 35.5. The van der Waals surface area contributed by atoms with Crippen LogP contribution in [0.3, 0.4) is 0 Å². The molecule has 0 fully saturated rings. The average molecular weight is 406 g/mol. The number of hydrogen-bond acceptors (Lipinski definition) is 5. The fourth-order valence-electron chi connectivity index (χ4n) is 2.38. The van der Waals surface area contributed by atoms with Gasteiger partial charge in [0.1, 0.15) is 5.75 Å². The monoisotopic (exact) mass is 405 g/mol. The predicted octanol–water partition coefficient (Wildman–Crippen LogP) is 4.52. The van der Waals surface area contributed by atoms with E-state index in [9.17, 15) is 4.79 Å². The van der Waals surface area contributed by atoms with Gasteiger partial charge in [-0.15, -0.1) is 0 Å². The summed E-state index contributed by atoms with van der Waals surface area (Å²) in [5.74, 6) is 0.890. The smallest absolute Gasteiger partial charge is 0.261 e. The molecule has 1 amide bonds. The highest BCUT2D eigenvalue weighted by Crippen LogP contribution is 2.25. The Kier molecular flexibility index (Phi) is 6.32. The number of rotatable bonds is 7. The minimum absolute atomic E-state index is 0.0890. The van der Waals surface area contributed by atoms with E-state index in [0.717, 1.165) is 0 Å². The van der Waals surface area contributed by atoms with Gasteiger partial charge in [-0.05, 0) is 36.8 Å². The Labute approximate surface area is 166 Å². The molecule has 2 aromatic carbocycles. The molecule has 0 aliphatic rings. The average Bonchev–Trinajstić information content (AvgIpc) is 3.13. The zero-order chi connectivity index (χ0) is 19.2. The minimum atomic E-state index is -0.658. The fourth-order valence-corrected chi connectivity index (χ4v) is 2.78. The molecule has 8 heteroatoms. The first-order chi connectivity index (χ1) is 13.1. The SMILES string of the molecule is CCC(Oc1cccc(Cl)c1)C(=O)NCc1nc(-c2ccccc2Cl)no1. The van der Waals surface area contributed by atoms with Crippen molar-refractivity contribution in [2.75, 3.05) is 0 Å². The van der Waals surface area contributed by atoms with Gasteiger partial charge < -0.3 is 14.6 Å². The zero-order valence-electron chi connectivity index (χ0n) is 14.5. The molecule has 3 aromatic rings. The molecule has 1 heterocycles. The molecule has 6 nitrogen and oxygen atoms in total. The van der Waals surface area contributed by atoms with Crippen molar-refractivity contribution in [3.63, 3.8) is 0 Å². The van der Waals surface area contributed by atoms with Gasteiger partial charge in [-0.1, -0.05) is 53.5 Å². The molecule has 0 bridgehead atoms. The Balaban J connectivity index is 1.60. The summed E-state index contributed by atoms with van der Waals surface area (Å²) in [6.45, 7) is 1.95. The maximum absolute atomic E-state index is 12.4. The maximum atomic E-state index is 12.4. The maximum Gasteiger partial charge on any atom is 0.261 e. The van der Waals surface area contributed by atoms with E-state index in [-0.39, 0.29) is 18.3 Å². The summed E-state index contributed by atoms with van der Waals surface area (Å²) in [7, 11) is 0. The molecule has 1 atom stereocenters. The van der Waals surface area contributed by atoms with Crippen LogP contribution < -0.4 is 10.1 Å². The summed E-state index contributed by atoms with van der Waals surface area (Å²) in [6, 6.07) is 14.1. The number of halogens is 2. The molecule has 0 spiro atoms. The van der Waals surface area contributed by atoms with E-state index >= 15 is 0 Å². The summed E-state index contributed by atoms with van der Waals surface area (Å²) in [5.41, 5.74) is 0.663. The number of amides is 1. The van der Waals surface area contributed by atoms with Crippen LogP contribution >= 0.6 is 23.2 Å². The lowest BCUT2D eigenvalue weighted by molar-refractivity contribution is -0.128. The first-order valence-corrected chi connectivity index (χ1v) is 9.10. The van der Waals surface area contributed by atoms with Crippen LogP contribution in [0.2, 0.25) is 10.0 Å². The number of carbonyl (C=O) groups is 1. The molecule has 140 valence electrons. The Hall–Kier alpha value is -2.57. The van der Waals surface area contributed by atoms with Crippen LogP contribution in [0.5, 0.6) is 5.75 Å². The Morgan fingerprint density at radius 3 is 2.78 bits per heavy atom. The normalized spacial score (nSPS) is 11.8. The van der Waals surface area contributed by atoms with Crippen LogP contribution in [0, 0.1) is 0 Å². The minimum Gasteiger partial charge on any atom is -0.481 e. The summed E-state index contributed by atoms with van der Waals surface area (Å²) in [5, 5.41) is 7.70. The molecule has 1 unspecified atom stereocenters. The van der Waals surface area contributed by atoms with Crippen molar-refractivity contribution in [2.24, 2.45) is 0 Å². The van der Waals surface area contributed by atoms with Crippen LogP contribution in [0.25, 0.3) is 11.4 Å². The van der Waals surface area contributed by atoms with Crippen molar-refractivity contribution in [3.8, 4) is 17.1 Å². The van der Waals surface area contributed by atoms with Crippen LogP contribution in [0.4, 0.5) is 0 Å². The van der Waals surface area contributed by atoms with Gasteiger partial charge >= 0.3 is 0 Å². The molecule has 0 radical (unpaired) electrons. The van der Waals surface area contributed by atoms with Crippen molar-refractivity contribution in [1.82, 2.24) is 15.5 Å². The molecule has 0 aliphatic carbocycles. The highest BCUT2D eigenvalue weighted by Gasteiger charge is 2.19. The third-order valence-corrected chi connectivity index (χ3v) is 4.30. The second-order valence-corrected chi connectivity index (χ2v) is 6.53. The van der Waals surface area contributed by atoms with E-state index in [0.29, 0.717) is 33.6 Å². The topological polar surface area (TPSA) is 77.2 Å². The summed E-state index contributed by atoms with van der Waals surface area (Å²) in [4.78, 5) is 16.6. The lowest BCUT2D eigenvalue weighted by atomic mass is 10.2. The van der Waals surface area contributed by atoms with Crippen molar-refractivity contribution < 1.29 is 14.1 Å². The third-order valence-electron chi connectivity index (χ3n) is 3.73. The number of ether oxygens (including phenoxy) is 1. The summed E-state index contributed by atoms with van der Waals surface area (Å²) >= 11 is 12.1. The largest absolute Gasteiger partial charge is 0.481 e. The molecule has 0 saturated carbocycles. The molecule has 0 saturated heterocycles. The van der Waals surface area contributed by atoms with Crippen LogP contribution in [0.15, 0.2) is 53.1 Å². The highest BCUT2D eigenvalue weighted by molar-refractivity contribution is 6.33. The first-order valence-electron chi connectivity index (χ1n) is 8.34. The Bertz CT molecular complexity index is 930. The van der Waals surface area contributed by atoms with E-state index in [4.69, 9.17) is 32.5 Å². The van der Waals surface area contributed by atoms with Gasteiger partial charge in [-0.2, -0.15) is 4.98 Å². The molecule has 3 rings (SSSR count). The van der Waals surface area contributed by atoms with E-state index in [1.165, 1.54) is 0 Å². The first kappa shape index (κ1) is 19.2. The zero-order valence-corrected chi connectivity index (χ0v) is 16.0. The van der Waals surface area contributed by atoms with E-state index in [2.05, 4.69) is 15.5 Å². The Morgan fingerprint density at radius 2 is 2.04 bits per heavy atom. The number of hydrogen-bond donors (Lipinski definition) is 1. The van der Waals surface area contributed by atoms with Gasteiger partial charge in [-0.3, -0.25) is 4.79 Å². The Morgan fingerprint density at radius 1 is 1.22 bits per heavy atom. The van der Waals surface area contributed by atoms with Crippen molar-refractivity contribution >= 4 is 29.1 Å². The van der Waals surface area contributed by atoms with Crippen molar-refractivity contribution in [2.45, 2.75) is 26.0 Å². The summed E-state index contributed by atoms with van der Waals surface area (Å²) in [6.07, 6.45) is -0.165. The molecule has 27 heavy (non-hydrogen) atoms. The van der Waals surface area contributed by atoms with Crippen molar-refractivity contribution in [3.05, 3.63) is 64.5 Å². The lowest BCUT2D eigenvalue weighted by Crippen LogP contribution is -2.37. The van der Waals surface area contributed by atoms with Crippen LogP contribution in [-0.4, -0.2) is 22.2 Å². The predicted molar refractivity (Wildman–Crippen MR) is 103 cm³/mol. The van der Waals surface area contributed by atoms with E-state index < -0.39 is 6.10 Å². The van der Waals surface area contributed by atoms with Gasteiger partial charge in [0.2, 0.25) is 11.7 Å². The number of carbonyl (C=O) groups excluding carboxylic acids is 1. The van der Waals surface area contributed by atoms with Crippen LogP contribution in [-0.2, 0) is 11.3 Å². The van der Waals surface area contributed by atoms with Gasteiger partial charge in [0.25, 0.3) is 5.91 Å². The number of benzene rings is 2. The molecule has 1 aromatic heterocycles. The van der Waals surface area contributed by atoms with Crippen molar-refractivity contribution in [1.29, 1.82) is 0 Å². The van der Waals surface area contributed by atoms with Gasteiger partial charge in [-0.25, -0.2) is 0 Å². The number of nitrogens with zero attached hydrogens (tertiary/aromatic N) is 2. The van der Waals surface area contributed by atoms with E-state index in [1.807, 2.05) is 19.1 Å². The standard InChI is InChI=1S/C19H17Cl2N3O3/c1-2-16(26-13-7-5-6-12(20)10-13)19(25)22-11-17-23-18(24-27-17)14-8-3-4-9-15(14)21/h3-10,16H,2,11H2,1H3,(H,22,25). The molecule has 0 aliphatic heterocycles. The fraction of sp³-hybridized carbons (Fsp3) is 0.211. The van der Waals surface area contributed by atoms with E-state index in [1.54, 1.807) is 36.4 Å². The number of aromatic nitrogens is 2.